The lowest BCUT2D eigenvalue weighted by atomic mass is 10.1. The van der Waals surface area contributed by atoms with E-state index in [-0.39, 0.29) is 30.0 Å². The smallest absolute Gasteiger partial charge is 0.439 e. The lowest BCUT2D eigenvalue weighted by Gasteiger charge is -2.28. The van der Waals surface area contributed by atoms with E-state index >= 15 is 0 Å². The zero-order valence-corrected chi connectivity index (χ0v) is 23.0. The van der Waals surface area contributed by atoms with Crippen LogP contribution >= 0.6 is 0 Å². The molecule has 38 heavy (non-hydrogen) atoms. The summed E-state index contributed by atoms with van der Waals surface area (Å²) in [5.74, 6) is 1.09. The highest BCUT2D eigenvalue weighted by Crippen LogP contribution is 2.37. The van der Waals surface area contributed by atoms with Crippen molar-refractivity contribution in [3.05, 3.63) is 75.5 Å². The molecule has 0 aliphatic heterocycles. The van der Waals surface area contributed by atoms with Gasteiger partial charge in [-0.2, -0.15) is 8.42 Å². The molecule has 10 nitrogen and oxygen atoms in total. The van der Waals surface area contributed by atoms with E-state index in [1.54, 1.807) is 31.2 Å². The molecule has 0 saturated carbocycles. The van der Waals surface area contributed by atoms with Crippen LogP contribution in [0.5, 0.6) is 11.5 Å². The van der Waals surface area contributed by atoms with E-state index < -0.39 is 15.8 Å². The van der Waals surface area contributed by atoms with E-state index in [0.717, 1.165) is 11.1 Å². The molecule has 4 rings (SSSR count). The molecule has 0 bridgehead atoms. The van der Waals surface area contributed by atoms with Crippen molar-refractivity contribution in [2.75, 3.05) is 18.0 Å². The summed E-state index contributed by atoms with van der Waals surface area (Å²) >= 11 is 0. The van der Waals surface area contributed by atoms with Crippen molar-refractivity contribution in [1.82, 2.24) is 10.1 Å². The number of nitrogens with zero attached hydrogens (tertiary/aromatic N) is 2. The van der Waals surface area contributed by atoms with E-state index in [9.17, 15) is 13.2 Å². The number of benzene rings is 2. The maximum atomic E-state index is 13.7. The van der Waals surface area contributed by atoms with Gasteiger partial charge in [-0.05, 0) is 68.1 Å². The Morgan fingerprint density at radius 1 is 1.03 bits per heavy atom. The van der Waals surface area contributed by atoms with Gasteiger partial charge in [0.1, 0.15) is 23.9 Å². The molecule has 11 heteroatoms. The molecule has 2 aromatic heterocycles. The van der Waals surface area contributed by atoms with Crippen molar-refractivity contribution in [3.8, 4) is 22.9 Å². The Labute approximate surface area is 221 Å². The van der Waals surface area contributed by atoms with Gasteiger partial charge in [0.15, 0.2) is 5.82 Å². The number of aromatic amines is 1. The number of hydrogen-bond donors (Lipinski definition) is 1. The fourth-order valence-corrected chi connectivity index (χ4v) is 5.51. The Morgan fingerprint density at radius 2 is 1.76 bits per heavy atom. The Balaban J connectivity index is 1.71. The Morgan fingerprint density at radius 3 is 2.37 bits per heavy atom. The molecule has 0 amide bonds. The summed E-state index contributed by atoms with van der Waals surface area (Å²) in [6.07, 6.45) is 0. The first-order valence-electron chi connectivity index (χ1n) is 12.1. The number of nitrogens with one attached hydrogen (secondary N) is 1. The highest BCUT2D eigenvalue weighted by atomic mass is 32.2. The Bertz CT molecular complexity index is 1600. The van der Waals surface area contributed by atoms with Crippen LogP contribution in [0.2, 0.25) is 0 Å². The molecule has 0 radical (unpaired) electrons. The molecule has 202 valence electrons. The standard InChI is InChI=1S/C27H31N3O7S/c1-16(2)14-30(38(32,33)25-10-7-19(5)36-25)22-11-17(3)18(4)12-24(22)35-15-21-9-8-20(13-23(21)34-6)26-28-27(31)37-29-26/h7-13,16H,14-15H2,1-6H3,(H,28,29,31). The highest BCUT2D eigenvalue weighted by molar-refractivity contribution is 7.92. The first kappa shape index (κ1) is 27.1. The lowest BCUT2D eigenvalue weighted by molar-refractivity contribution is 0.297. The zero-order valence-electron chi connectivity index (χ0n) is 22.2. The van der Waals surface area contributed by atoms with Crippen LogP contribution in [-0.2, 0) is 16.6 Å². The number of aryl methyl sites for hydroxylation is 3. The predicted molar refractivity (Wildman–Crippen MR) is 142 cm³/mol. The Kier molecular flexibility index (Phi) is 7.68. The van der Waals surface area contributed by atoms with Crippen LogP contribution in [0.1, 0.15) is 36.3 Å². The summed E-state index contributed by atoms with van der Waals surface area (Å²) < 4.78 is 50.6. The van der Waals surface area contributed by atoms with Crippen LogP contribution in [0, 0.1) is 26.7 Å². The van der Waals surface area contributed by atoms with Gasteiger partial charge in [0, 0.05) is 17.7 Å². The number of methoxy groups -OCH3 is 1. The van der Waals surface area contributed by atoms with Crippen molar-refractivity contribution in [1.29, 1.82) is 0 Å². The molecule has 0 unspecified atom stereocenters. The molecule has 0 spiro atoms. The Hall–Kier alpha value is -3.99. The van der Waals surface area contributed by atoms with Gasteiger partial charge in [-0.1, -0.05) is 31.1 Å². The van der Waals surface area contributed by atoms with Crippen LogP contribution in [0.4, 0.5) is 5.69 Å². The molecular formula is C27H31N3O7S. The average Bonchev–Trinajstić information content (AvgIpc) is 3.51. The normalized spacial score (nSPS) is 11.7. The number of anilines is 1. The first-order chi connectivity index (χ1) is 18.0. The topological polar surface area (TPSA) is 128 Å². The van der Waals surface area contributed by atoms with Crippen molar-refractivity contribution in [2.45, 2.75) is 46.3 Å². The fourth-order valence-electron chi connectivity index (χ4n) is 3.92. The van der Waals surface area contributed by atoms with Gasteiger partial charge in [0.05, 0.1) is 12.8 Å². The van der Waals surface area contributed by atoms with Gasteiger partial charge in [0.25, 0.3) is 10.0 Å². The number of rotatable bonds is 10. The SMILES string of the molecule is COc1cc(-c2noc(=O)[nH]2)ccc1COc1cc(C)c(C)cc1N(CC(C)C)S(=O)(=O)c1ccc(C)o1. The van der Waals surface area contributed by atoms with Crippen LogP contribution < -0.4 is 19.5 Å². The number of ether oxygens (including phenoxy) is 2. The maximum absolute atomic E-state index is 13.7. The average molecular weight is 542 g/mol. The van der Waals surface area contributed by atoms with Crippen LogP contribution in [-0.4, -0.2) is 32.2 Å². The minimum absolute atomic E-state index is 0.0332. The van der Waals surface area contributed by atoms with Gasteiger partial charge in [-0.3, -0.25) is 13.8 Å². The zero-order chi connectivity index (χ0) is 27.6. The van der Waals surface area contributed by atoms with E-state index in [1.165, 1.54) is 17.5 Å². The molecule has 2 heterocycles. The van der Waals surface area contributed by atoms with E-state index in [0.29, 0.717) is 34.1 Å². The highest BCUT2D eigenvalue weighted by Gasteiger charge is 2.31. The molecular weight excluding hydrogens is 510 g/mol. The van der Waals surface area contributed by atoms with Gasteiger partial charge in [0.2, 0.25) is 5.09 Å². The monoisotopic (exact) mass is 541 g/mol. The van der Waals surface area contributed by atoms with Gasteiger partial charge in [-0.25, -0.2) is 4.79 Å². The molecule has 1 N–H and O–H groups in total. The second-order valence-electron chi connectivity index (χ2n) is 9.46. The van der Waals surface area contributed by atoms with Crippen molar-refractivity contribution >= 4 is 15.7 Å². The molecule has 0 aliphatic rings. The predicted octanol–water partition coefficient (Wildman–Crippen LogP) is 4.99. The van der Waals surface area contributed by atoms with E-state index in [4.69, 9.17) is 13.9 Å². The molecule has 0 aliphatic carbocycles. The number of furan rings is 1. The third-order valence-electron chi connectivity index (χ3n) is 6.02. The lowest BCUT2D eigenvalue weighted by Crippen LogP contribution is -2.34. The third-order valence-corrected chi connectivity index (χ3v) is 7.67. The van der Waals surface area contributed by atoms with Crippen molar-refractivity contribution in [3.63, 3.8) is 0 Å². The van der Waals surface area contributed by atoms with E-state index in [1.807, 2.05) is 39.8 Å². The summed E-state index contributed by atoms with van der Waals surface area (Å²) in [5.41, 5.74) is 3.62. The number of H-pyrrole nitrogens is 1. The summed E-state index contributed by atoms with van der Waals surface area (Å²) in [6.45, 7) is 9.80. The number of hydrogen-bond acceptors (Lipinski definition) is 8. The minimum atomic E-state index is -3.99. The quantitative estimate of drug-likeness (QED) is 0.298. The second kappa shape index (κ2) is 10.8. The maximum Gasteiger partial charge on any atom is 0.439 e. The van der Waals surface area contributed by atoms with Crippen LogP contribution in [0.25, 0.3) is 11.4 Å². The second-order valence-corrected chi connectivity index (χ2v) is 11.3. The van der Waals surface area contributed by atoms with E-state index in [2.05, 4.69) is 14.7 Å². The minimum Gasteiger partial charge on any atom is -0.496 e. The molecule has 0 atom stereocenters. The summed E-state index contributed by atoms with van der Waals surface area (Å²) in [6, 6.07) is 12.0. The first-order valence-corrected chi connectivity index (χ1v) is 13.5. The molecule has 0 saturated heterocycles. The molecule has 4 aromatic rings. The van der Waals surface area contributed by atoms with Crippen molar-refractivity contribution in [2.24, 2.45) is 5.92 Å². The van der Waals surface area contributed by atoms with Crippen molar-refractivity contribution < 1.29 is 26.8 Å². The molecule has 0 fully saturated rings. The van der Waals surface area contributed by atoms with Gasteiger partial charge < -0.3 is 13.9 Å². The van der Waals surface area contributed by atoms with Crippen LogP contribution in [0.15, 0.2) is 61.3 Å². The summed E-state index contributed by atoms with van der Waals surface area (Å²) in [4.78, 5) is 13.8. The molecule has 2 aromatic carbocycles. The van der Waals surface area contributed by atoms with Crippen LogP contribution in [0.3, 0.4) is 0 Å². The van der Waals surface area contributed by atoms with Gasteiger partial charge >= 0.3 is 5.76 Å². The summed E-state index contributed by atoms with van der Waals surface area (Å²) in [7, 11) is -2.47. The van der Waals surface area contributed by atoms with Gasteiger partial charge in [-0.15, -0.1) is 0 Å². The third kappa shape index (κ3) is 5.62. The fraction of sp³-hybridized carbons (Fsp3) is 0.333. The summed E-state index contributed by atoms with van der Waals surface area (Å²) in [5, 5.41) is 3.58. The number of sulfonamides is 1. The largest absolute Gasteiger partial charge is 0.496 e. The number of aromatic nitrogens is 2.